The van der Waals surface area contributed by atoms with Crippen molar-refractivity contribution in [2.45, 2.75) is 165 Å². The molecule has 7 fully saturated rings. The van der Waals surface area contributed by atoms with Crippen molar-refractivity contribution in [1.82, 2.24) is 10.6 Å². The van der Waals surface area contributed by atoms with Crippen LogP contribution in [0, 0.1) is 99.9 Å². The number of aliphatic imine (C=N–C) groups is 1. The van der Waals surface area contributed by atoms with Crippen LogP contribution in [0.4, 0.5) is 5.69 Å². The normalized spacial score (nSPS) is 41.2. The lowest BCUT2D eigenvalue weighted by atomic mass is 9.45. The van der Waals surface area contributed by atoms with Gasteiger partial charge in [0.1, 0.15) is 11.7 Å². The lowest BCUT2D eigenvalue weighted by Gasteiger charge is -2.59. The molecule has 2 aromatic carbocycles. The molecule has 17 atom stereocenters. The Hall–Kier alpha value is -5.02. The molecular formula is C67H88N4O9. The van der Waals surface area contributed by atoms with Crippen LogP contribution in [0.5, 0.6) is 23.0 Å². The Bertz CT molecular complexity index is 2880. The third-order valence-corrected chi connectivity index (χ3v) is 22.9. The smallest absolute Gasteiger partial charge is 0.207 e. The number of likely N-dealkylation sites (N-methyl/N-ethyl adjacent to an activating group) is 1. The number of ketones is 1. The van der Waals surface area contributed by atoms with Crippen LogP contribution >= 0.6 is 0 Å². The number of aliphatic hydroxyl groups excluding tert-OH is 2. The van der Waals surface area contributed by atoms with Crippen molar-refractivity contribution in [3.05, 3.63) is 65.8 Å². The largest absolute Gasteiger partial charge is 0.504 e. The van der Waals surface area contributed by atoms with Crippen molar-refractivity contribution in [2.75, 3.05) is 46.3 Å². The Kier molecular flexibility index (Phi) is 15.5. The fourth-order valence-electron chi connectivity index (χ4n) is 19.4. The number of phenols is 1. The van der Waals surface area contributed by atoms with Gasteiger partial charge in [-0.15, -0.1) is 0 Å². The van der Waals surface area contributed by atoms with Crippen molar-refractivity contribution < 1.29 is 44.2 Å². The number of guanidine groups is 1. The van der Waals surface area contributed by atoms with Gasteiger partial charge in [0.15, 0.2) is 28.8 Å². The topological polar surface area (TPSA) is 183 Å². The van der Waals surface area contributed by atoms with Crippen molar-refractivity contribution in [3.63, 3.8) is 0 Å². The maximum atomic E-state index is 15.9. The zero-order valence-electron chi connectivity index (χ0n) is 47.9. The lowest BCUT2D eigenvalue weighted by molar-refractivity contribution is -0.307. The molecule has 0 amide bonds. The van der Waals surface area contributed by atoms with Gasteiger partial charge in [-0.3, -0.25) is 15.1 Å². The molecule has 430 valence electrons. The number of hydrogen-bond donors (Lipinski definition) is 7. The number of hydrogen-bond acceptors (Lipinski definition) is 11. The summed E-state index contributed by atoms with van der Waals surface area (Å²) in [4.78, 5) is 20.6. The predicted molar refractivity (Wildman–Crippen MR) is 309 cm³/mol. The molecule has 3 aliphatic heterocycles. The number of nitrogens with one attached hydrogen (secondary N) is 3. The van der Waals surface area contributed by atoms with Crippen molar-refractivity contribution in [3.8, 4) is 47.0 Å². The van der Waals surface area contributed by atoms with Crippen LogP contribution in [-0.2, 0) is 21.4 Å². The monoisotopic (exact) mass is 1090 g/mol. The second kappa shape index (κ2) is 22.3. The number of aliphatic hydroxyl groups is 3. The summed E-state index contributed by atoms with van der Waals surface area (Å²) >= 11 is 0. The first-order chi connectivity index (χ1) is 38.9. The Morgan fingerprint density at radius 3 is 2.64 bits per heavy atom. The zero-order chi connectivity index (χ0) is 55.4. The number of carbonyl (C=O) groups excluding carboxylic acids is 1. The van der Waals surface area contributed by atoms with Gasteiger partial charge in [0.2, 0.25) is 11.7 Å². The molecule has 3 heterocycles. The summed E-state index contributed by atoms with van der Waals surface area (Å²) in [5, 5.41) is 55.0. The van der Waals surface area contributed by atoms with Crippen molar-refractivity contribution in [1.29, 1.82) is 0 Å². The highest BCUT2D eigenvalue weighted by Crippen LogP contribution is 2.68. The molecular weight excluding hydrogens is 1000 g/mol. The number of rotatable bonds is 10. The lowest BCUT2D eigenvalue weighted by Crippen LogP contribution is -2.56. The molecule has 10 aliphatic rings. The number of benzene rings is 2. The van der Waals surface area contributed by atoms with E-state index in [0.29, 0.717) is 104 Å². The van der Waals surface area contributed by atoms with Crippen molar-refractivity contribution >= 4 is 17.4 Å². The molecule has 12 rings (SSSR count). The van der Waals surface area contributed by atoms with Gasteiger partial charge in [-0.1, -0.05) is 68.7 Å². The van der Waals surface area contributed by atoms with Gasteiger partial charge >= 0.3 is 0 Å². The van der Waals surface area contributed by atoms with Gasteiger partial charge in [-0.05, 0) is 192 Å². The van der Waals surface area contributed by atoms with Gasteiger partial charge in [0, 0.05) is 80.2 Å². The minimum atomic E-state index is -1.38. The first-order valence-electron chi connectivity index (χ1n) is 30.9. The van der Waals surface area contributed by atoms with Gasteiger partial charge in [-0.2, -0.15) is 0 Å². The average molecular weight is 1090 g/mol. The zero-order valence-corrected chi connectivity index (χ0v) is 47.9. The van der Waals surface area contributed by atoms with E-state index in [1.54, 1.807) is 20.2 Å². The highest BCUT2D eigenvalue weighted by Gasteiger charge is 2.64. The molecule has 0 radical (unpaired) electrons. The van der Waals surface area contributed by atoms with E-state index >= 15 is 4.79 Å². The van der Waals surface area contributed by atoms with Crippen LogP contribution in [0.3, 0.4) is 0 Å². The predicted octanol–water partition coefficient (Wildman–Crippen LogP) is 9.95. The van der Waals surface area contributed by atoms with Crippen LogP contribution in [0.1, 0.15) is 146 Å². The molecule has 7 N–H and O–H groups in total. The van der Waals surface area contributed by atoms with E-state index in [2.05, 4.69) is 77.2 Å². The Labute approximate surface area is 474 Å². The Balaban J connectivity index is 1.01. The summed E-state index contributed by atoms with van der Waals surface area (Å²) in [5.74, 6) is 9.98. The molecule has 0 aromatic heterocycles. The number of phenolic OH excluding ortho intramolecular Hbond substituents is 1. The van der Waals surface area contributed by atoms with Gasteiger partial charge in [0.05, 0.1) is 18.9 Å². The summed E-state index contributed by atoms with van der Waals surface area (Å²) in [7, 11) is 5.30. The van der Waals surface area contributed by atoms with E-state index in [1.807, 2.05) is 25.3 Å². The second-order valence-corrected chi connectivity index (χ2v) is 26.6. The molecule has 2 spiro atoms. The summed E-state index contributed by atoms with van der Waals surface area (Å²) in [6, 6.07) is 13.3. The maximum absolute atomic E-state index is 15.9. The number of aromatic hydroxyl groups is 1. The molecule has 80 heavy (non-hydrogen) atoms. The van der Waals surface area contributed by atoms with Crippen LogP contribution in [-0.4, -0.2) is 90.6 Å². The average Bonchev–Trinajstić information content (AvgIpc) is 4.30. The molecule has 6 saturated carbocycles. The van der Waals surface area contributed by atoms with Crippen LogP contribution < -0.4 is 30.2 Å². The van der Waals surface area contributed by atoms with Crippen molar-refractivity contribution in [2.24, 2.45) is 80.9 Å². The quantitative estimate of drug-likeness (QED) is 0.0885. The summed E-state index contributed by atoms with van der Waals surface area (Å²) in [6.45, 7) is 3.11. The SMILES string of the molecule is CC[C@@H]1CC[C@@H]2[C@H](C1)[C@H]1/C=C/C(=O)[C@@]3(Cc4ccc(O)c(OC)c4)CCC[C@@H]3CC#CNC(=NC)Nc3cc(cc4c3OC#CC[C@@H]3C[C@](CNC)(C[C@]35C=C[C@H]3C[C@@H]6CC[C@@H](CO)[C@@H]6O[C@@]3(O)C5)O4)[C@]13CCC[C@@H]3[C@H]2CCCO. The van der Waals surface area contributed by atoms with E-state index in [0.717, 1.165) is 101 Å². The highest BCUT2D eigenvalue weighted by molar-refractivity contribution is 5.97. The number of methoxy groups -OCH3 is 1. The van der Waals surface area contributed by atoms with E-state index in [4.69, 9.17) is 23.9 Å². The van der Waals surface area contributed by atoms with Gasteiger partial charge in [0.25, 0.3) is 0 Å². The van der Waals surface area contributed by atoms with E-state index < -0.39 is 27.6 Å². The first kappa shape index (κ1) is 55.5. The summed E-state index contributed by atoms with van der Waals surface area (Å²) < 4.78 is 27.0. The minimum Gasteiger partial charge on any atom is -0.504 e. The third kappa shape index (κ3) is 9.55. The third-order valence-electron chi connectivity index (χ3n) is 22.9. The van der Waals surface area contributed by atoms with E-state index in [-0.39, 0.29) is 66.4 Å². The van der Waals surface area contributed by atoms with Gasteiger partial charge in [-0.25, -0.2) is 0 Å². The Morgan fingerprint density at radius 2 is 1.82 bits per heavy atom. The molecule has 1 saturated heterocycles. The molecule has 7 aliphatic carbocycles. The van der Waals surface area contributed by atoms with Crippen LogP contribution in [0.2, 0.25) is 0 Å². The molecule has 13 nitrogen and oxygen atoms in total. The standard InChI is InChI=1S/C67H88N4O9/c1-5-42-16-20-50-51(14-9-29-72)53-15-7-26-66(53)49-34-55(71-62(69-3)70-28-8-12-46-11-6-25-65(46,59(75)23-21-54(66)52(50)31-42)36-43-17-22-56(74)57(32-43)77-4)61-58(35-49)79-64(41-68-2)37-48(13-10-30-78-61)63(39-64)27-24-47-33-44-18-19-45(38-73)60(44)80-67(47,76)40-63/h17,21-24,27,32,34-35,42,44-48,50-54,60,68,72-74,76H,5-7,9,11-16,18-20,25-26,29,31,33,36-41H2,1-4H3,(H2,69,70,71)/b23-21+/t42-,44+,45+,46-,47+,48-,50+,51+,52+,53-,54-,60-,63+,64-,65-,66+,67+/m1/s1. The van der Waals surface area contributed by atoms with E-state index in [9.17, 15) is 20.4 Å². The second-order valence-electron chi connectivity index (χ2n) is 26.6. The highest BCUT2D eigenvalue weighted by atomic mass is 16.6. The molecule has 0 unspecified atom stereocenters. The number of ether oxygens (including phenoxy) is 4. The number of allylic oxidation sites excluding steroid dienone is 3. The maximum Gasteiger partial charge on any atom is 0.207 e. The van der Waals surface area contributed by atoms with Crippen LogP contribution in [0.25, 0.3) is 0 Å². The summed E-state index contributed by atoms with van der Waals surface area (Å²) in [6.07, 6.45) is 30.0. The fourth-order valence-corrected chi connectivity index (χ4v) is 19.4. The van der Waals surface area contributed by atoms with E-state index in [1.165, 1.54) is 6.42 Å². The Morgan fingerprint density at radius 1 is 0.963 bits per heavy atom. The van der Waals surface area contributed by atoms with Crippen LogP contribution in [0.15, 0.2) is 59.6 Å². The number of nitrogens with zero attached hydrogens (tertiary/aromatic N) is 1. The first-order valence-corrected chi connectivity index (χ1v) is 30.9. The van der Waals surface area contributed by atoms with Gasteiger partial charge < -0.3 is 50.0 Å². The number of anilines is 1. The number of fused-ring (bicyclic) bond motifs is 12. The fraction of sp³-hybridized carbons (Fsp3) is 0.672. The molecule has 2 aromatic rings. The molecule has 13 heteroatoms. The molecule has 4 bridgehead atoms. The summed E-state index contributed by atoms with van der Waals surface area (Å²) in [5.41, 5.74) is 0.421. The number of carbonyl (C=O) groups is 1. The minimum absolute atomic E-state index is 0.00308.